The van der Waals surface area contributed by atoms with Gasteiger partial charge in [-0.15, -0.1) is 6.58 Å². The zero-order valence-corrected chi connectivity index (χ0v) is 9.27. The molecule has 1 unspecified atom stereocenters. The van der Waals surface area contributed by atoms with Crippen LogP contribution in [0.1, 0.15) is 26.2 Å². The van der Waals surface area contributed by atoms with Crippen LogP contribution >= 0.6 is 15.9 Å². The van der Waals surface area contributed by atoms with E-state index in [9.17, 15) is 0 Å². The summed E-state index contributed by atoms with van der Waals surface area (Å²) in [5.74, 6) is 0. The normalized spacial score (nSPS) is 28.3. The molecule has 0 aromatic carbocycles. The van der Waals surface area contributed by atoms with E-state index >= 15 is 0 Å². The number of halogens is 1. The third-order valence-corrected chi connectivity index (χ3v) is 3.80. The van der Waals surface area contributed by atoms with Crippen LogP contribution in [0.5, 0.6) is 0 Å². The molecule has 12 heavy (non-hydrogen) atoms. The van der Waals surface area contributed by atoms with Gasteiger partial charge in [-0.25, -0.2) is 0 Å². The van der Waals surface area contributed by atoms with Gasteiger partial charge in [0.1, 0.15) is 0 Å². The van der Waals surface area contributed by atoms with Crippen molar-refractivity contribution in [1.29, 1.82) is 0 Å². The topological polar surface area (TPSA) is 9.23 Å². The lowest BCUT2D eigenvalue weighted by molar-refractivity contribution is 0.0835. The second kappa shape index (κ2) is 4.43. The van der Waals surface area contributed by atoms with E-state index in [1.165, 1.54) is 12.8 Å². The van der Waals surface area contributed by atoms with Crippen molar-refractivity contribution in [3.05, 3.63) is 12.7 Å². The number of allylic oxidation sites excluding steroid dienone is 1. The van der Waals surface area contributed by atoms with Crippen molar-refractivity contribution in [2.75, 3.05) is 11.9 Å². The van der Waals surface area contributed by atoms with Crippen LogP contribution in [-0.4, -0.2) is 18.0 Å². The van der Waals surface area contributed by atoms with E-state index in [0.717, 1.165) is 18.4 Å². The Labute approximate surface area is 83.3 Å². The average Bonchev–Trinajstić information content (AvgIpc) is 2.57. The number of ether oxygens (including phenoxy) is 1. The molecule has 0 bridgehead atoms. The summed E-state index contributed by atoms with van der Waals surface area (Å²) in [6, 6.07) is 0. The smallest absolute Gasteiger partial charge is 0.0584 e. The van der Waals surface area contributed by atoms with E-state index in [0.29, 0.717) is 6.10 Å². The van der Waals surface area contributed by atoms with Crippen molar-refractivity contribution < 1.29 is 4.74 Å². The average molecular weight is 233 g/mol. The Morgan fingerprint density at radius 3 is 2.92 bits per heavy atom. The molecule has 1 saturated heterocycles. The van der Waals surface area contributed by atoms with Gasteiger partial charge in [-0.05, 0) is 24.7 Å². The summed E-state index contributed by atoms with van der Waals surface area (Å²) in [4.78, 5) is 0. The minimum Gasteiger partial charge on any atom is -0.378 e. The van der Waals surface area contributed by atoms with Crippen LogP contribution in [0, 0.1) is 5.41 Å². The van der Waals surface area contributed by atoms with E-state index in [4.69, 9.17) is 4.74 Å². The van der Waals surface area contributed by atoms with Gasteiger partial charge in [0.05, 0.1) is 6.10 Å². The maximum absolute atomic E-state index is 5.58. The summed E-state index contributed by atoms with van der Waals surface area (Å²) >= 11 is 3.51. The summed E-state index contributed by atoms with van der Waals surface area (Å²) in [6.45, 7) is 7.02. The molecule has 0 amide bonds. The van der Waals surface area contributed by atoms with Gasteiger partial charge in [-0.1, -0.05) is 28.9 Å². The molecular weight excluding hydrogens is 216 g/mol. The SMILES string of the molecule is C=CC(C)(CBr)C[C@@H]1CCCO1. The van der Waals surface area contributed by atoms with Crippen molar-refractivity contribution >= 4 is 15.9 Å². The molecule has 1 fully saturated rings. The zero-order valence-electron chi connectivity index (χ0n) is 7.68. The van der Waals surface area contributed by atoms with Crippen LogP contribution in [-0.2, 0) is 4.74 Å². The fourth-order valence-corrected chi connectivity index (χ4v) is 1.98. The number of alkyl halides is 1. The summed E-state index contributed by atoms with van der Waals surface area (Å²) in [5, 5.41) is 0.976. The lowest BCUT2D eigenvalue weighted by atomic mass is 9.86. The predicted molar refractivity (Wildman–Crippen MR) is 55.7 cm³/mol. The quantitative estimate of drug-likeness (QED) is 0.535. The van der Waals surface area contributed by atoms with Crippen LogP contribution < -0.4 is 0 Å². The molecule has 1 aliphatic rings. The third-order valence-electron chi connectivity index (χ3n) is 2.52. The van der Waals surface area contributed by atoms with E-state index in [1.807, 2.05) is 6.08 Å². The van der Waals surface area contributed by atoms with Crippen LogP contribution in [0.25, 0.3) is 0 Å². The molecule has 70 valence electrons. The minimum atomic E-state index is 0.203. The monoisotopic (exact) mass is 232 g/mol. The molecule has 2 heteroatoms. The van der Waals surface area contributed by atoms with Gasteiger partial charge < -0.3 is 4.74 Å². The van der Waals surface area contributed by atoms with E-state index in [-0.39, 0.29) is 5.41 Å². The molecule has 0 aromatic rings. The van der Waals surface area contributed by atoms with Crippen LogP contribution in [0.4, 0.5) is 0 Å². The number of rotatable bonds is 4. The molecule has 0 radical (unpaired) electrons. The zero-order chi connectivity index (χ0) is 9.03. The van der Waals surface area contributed by atoms with E-state index in [2.05, 4.69) is 29.4 Å². The van der Waals surface area contributed by atoms with Crippen molar-refractivity contribution in [3.63, 3.8) is 0 Å². The highest BCUT2D eigenvalue weighted by molar-refractivity contribution is 9.09. The molecule has 0 spiro atoms. The van der Waals surface area contributed by atoms with E-state index < -0.39 is 0 Å². The Morgan fingerprint density at radius 1 is 1.75 bits per heavy atom. The highest BCUT2D eigenvalue weighted by atomic mass is 79.9. The van der Waals surface area contributed by atoms with Crippen LogP contribution in [0.15, 0.2) is 12.7 Å². The second-order valence-corrected chi connectivity index (χ2v) is 4.39. The van der Waals surface area contributed by atoms with Crippen molar-refractivity contribution in [3.8, 4) is 0 Å². The Balaban J connectivity index is 2.40. The van der Waals surface area contributed by atoms with Crippen molar-refractivity contribution in [2.45, 2.75) is 32.3 Å². The third kappa shape index (κ3) is 2.60. The summed E-state index contributed by atoms with van der Waals surface area (Å²) in [5.41, 5.74) is 0.203. The fourth-order valence-electron chi connectivity index (χ4n) is 1.52. The van der Waals surface area contributed by atoms with Gasteiger partial charge in [-0.2, -0.15) is 0 Å². The van der Waals surface area contributed by atoms with Gasteiger partial charge in [0.15, 0.2) is 0 Å². The van der Waals surface area contributed by atoms with Gasteiger partial charge in [0.25, 0.3) is 0 Å². The number of hydrogen-bond acceptors (Lipinski definition) is 1. The maximum atomic E-state index is 5.58. The summed E-state index contributed by atoms with van der Waals surface area (Å²) in [7, 11) is 0. The van der Waals surface area contributed by atoms with Crippen LogP contribution in [0.3, 0.4) is 0 Å². The molecule has 1 heterocycles. The highest BCUT2D eigenvalue weighted by Gasteiger charge is 2.26. The predicted octanol–water partition coefficient (Wildman–Crippen LogP) is 3.14. The first-order valence-electron chi connectivity index (χ1n) is 4.51. The van der Waals surface area contributed by atoms with Crippen molar-refractivity contribution in [2.24, 2.45) is 5.41 Å². The Morgan fingerprint density at radius 2 is 2.50 bits per heavy atom. The Bertz CT molecular complexity index is 152. The van der Waals surface area contributed by atoms with Crippen LogP contribution in [0.2, 0.25) is 0 Å². The largest absolute Gasteiger partial charge is 0.378 e. The number of hydrogen-bond donors (Lipinski definition) is 0. The Hall–Kier alpha value is 0.180. The van der Waals surface area contributed by atoms with Gasteiger partial charge in [-0.3, -0.25) is 0 Å². The van der Waals surface area contributed by atoms with Gasteiger partial charge in [0, 0.05) is 11.9 Å². The summed E-state index contributed by atoms with van der Waals surface area (Å²) < 4.78 is 5.58. The molecule has 0 saturated carbocycles. The minimum absolute atomic E-state index is 0.203. The van der Waals surface area contributed by atoms with Gasteiger partial charge in [0.2, 0.25) is 0 Å². The molecule has 2 atom stereocenters. The molecule has 1 nitrogen and oxygen atoms in total. The van der Waals surface area contributed by atoms with Gasteiger partial charge >= 0.3 is 0 Å². The molecular formula is C10H17BrO. The highest BCUT2D eigenvalue weighted by Crippen LogP contribution is 2.31. The molecule has 0 N–H and O–H groups in total. The molecule has 1 rings (SSSR count). The lowest BCUT2D eigenvalue weighted by Gasteiger charge is -2.25. The van der Waals surface area contributed by atoms with Crippen molar-refractivity contribution in [1.82, 2.24) is 0 Å². The molecule has 0 aliphatic carbocycles. The lowest BCUT2D eigenvalue weighted by Crippen LogP contribution is -2.22. The first-order chi connectivity index (χ1) is 5.70. The first kappa shape index (κ1) is 10.3. The fraction of sp³-hybridized carbons (Fsp3) is 0.800. The standard InChI is InChI=1S/C10H17BrO/c1-3-10(2,8-11)7-9-5-4-6-12-9/h3,9H,1,4-8H2,2H3/t9-,10?/m0/s1. The van der Waals surface area contributed by atoms with E-state index in [1.54, 1.807) is 0 Å². The Kier molecular flexibility index (Phi) is 3.78. The molecule has 1 aliphatic heterocycles. The molecule has 0 aromatic heterocycles. The second-order valence-electron chi connectivity index (χ2n) is 3.83. The first-order valence-corrected chi connectivity index (χ1v) is 5.63. The summed E-state index contributed by atoms with van der Waals surface area (Å²) in [6.07, 6.45) is 6.03. The maximum Gasteiger partial charge on any atom is 0.0584 e.